The number of fused-ring (bicyclic) bond motifs is 1. The summed E-state index contributed by atoms with van der Waals surface area (Å²) in [7, 11) is 0. The molecule has 1 aliphatic heterocycles. The molecule has 2 aromatic heterocycles. The van der Waals surface area contributed by atoms with E-state index in [-0.39, 0.29) is 29.2 Å². The Hall–Kier alpha value is -2.77. The van der Waals surface area contributed by atoms with Crippen LogP contribution >= 0.6 is 0 Å². The molecule has 3 heterocycles. The molecule has 2 atom stereocenters. The Morgan fingerprint density at radius 2 is 2.07 bits per heavy atom. The van der Waals surface area contributed by atoms with Crippen molar-refractivity contribution < 1.29 is 9.59 Å². The molecule has 2 N–H and O–H groups in total. The lowest BCUT2D eigenvalue weighted by Gasteiger charge is -2.28. The van der Waals surface area contributed by atoms with Gasteiger partial charge in [0.15, 0.2) is 0 Å². The van der Waals surface area contributed by atoms with E-state index in [0.29, 0.717) is 12.2 Å². The maximum absolute atomic E-state index is 12.8. The summed E-state index contributed by atoms with van der Waals surface area (Å²) in [5.74, 6) is 0.276. The highest BCUT2D eigenvalue weighted by molar-refractivity contribution is 5.92. The van der Waals surface area contributed by atoms with Crippen LogP contribution < -0.4 is 10.6 Å². The number of rotatable bonds is 4. The number of nitrogens with one attached hydrogen (secondary N) is 2. The van der Waals surface area contributed by atoms with Crippen molar-refractivity contribution in [2.24, 2.45) is 11.3 Å². The van der Waals surface area contributed by atoms with Crippen LogP contribution in [0, 0.1) is 11.3 Å². The molecule has 1 saturated carbocycles. The van der Waals surface area contributed by atoms with E-state index < -0.39 is 0 Å². The first kappa shape index (κ1) is 19.5. The van der Waals surface area contributed by atoms with Gasteiger partial charge in [0, 0.05) is 42.8 Å². The Labute approximate surface area is 170 Å². The quantitative estimate of drug-likeness (QED) is 0.827. The van der Waals surface area contributed by atoms with Crippen molar-refractivity contribution >= 4 is 17.6 Å². The Balaban J connectivity index is 1.46. The van der Waals surface area contributed by atoms with Gasteiger partial charge in [-0.25, -0.2) is 9.97 Å². The molecule has 0 unspecified atom stereocenters. The number of hydrogen-bond acceptors (Lipinski definition) is 5. The van der Waals surface area contributed by atoms with E-state index in [0.717, 1.165) is 43.5 Å². The third-order valence-corrected chi connectivity index (χ3v) is 5.82. The highest BCUT2D eigenvalue weighted by Gasteiger charge is 2.32. The van der Waals surface area contributed by atoms with Gasteiger partial charge in [0.25, 0.3) is 0 Å². The molecule has 29 heavy (non-hydrogen) atoms. The summed E-state index contributed by atoms with van der Waals surface area (Å²) in [6.45, 7) is 6.87. The molecule has 1 aliphatic carbocycles. The molecular weight excluding hydrogens is 368 g/mol. The third-order valence-electron chi connectivity index (χ3n) is 5.82. The Morgan fingerprint density at radius 3 is 2.86 bits per heavy atom. The predicted octanol–water partition coefficient (Wildman–Crippen LogP) is 2.56. The van der Waals surface area contributed by atoms with Crippen molar-refractivity contribution in [3.8, 4) is 11.3 Å². The maximum Gasteiger partial charge on any atom is 0.228 e. The van der Waals surface area contributed by atoms with Crippen LogP contribution in [-0.4, -0.2) is 37.6 Å². The highest BCUT2D eigenvalue weighted by Crippen LogP contribution is 2.36. The minimum atomic E-state index is -0.125. The van der Waals surface area contributed by atoms with Gasteiger partial charge in [-0.05, 0) is 31.1 Å². The van der Waals surface area contributed by atoms with Crippen molar-refractivity contribution in [1.29, 1.82) is 0 Å². The molecule has 0 radical (unpaired) electrons. The van der Waals surface area contributed by atoms with Crippen LogP contribution in [-0.2, 0) is 22.6 Å². The minimum Gasteiger partial charge on any atom is -0.354 e. The van der Waals surface area contributed by atoms with Gasteiger partial charge in [-0.3, -0.25) is 14.3 Å². The van der Waals surface area contributed by atoms with E-state index >= 15 is 0 Å². The summed E-state index contributed by atoms with van der Waals surface area (Å²) in [5.41, 5.74) is 3.13. The zero-order valence-corrected chi connectivity index (χ0v) is 17.2. The zero-order valence-electron chi connectivity index (χ0n) is 17.2. The molecule has 4 rings (SSSR count). The summed E-state index contributed by atoms with van der Waals surface area (Å²) < 4.78 is 2.04. The van der Waals surface area contributed by atoms with Gasteiger partial charge in [0.2, 0.25) is 11.8 Å². The fourth-order valence-corrected chi connectivity index (χ4v) is 4.51. The third kappa shape index (κ3) is 4.31. The number of carbonyl (C=O) groups excluding carboxylic acids is 2. The number of aromatic nitrogens is 4. The summed E-state index contributed by atoms with van der Waals surface area (Å²) >= 11 is 0. The normalized spacial score (nSPS) is 22.7. The number of nitrogens with zero attached hydrogens (tertiary/aromatic N) is 4. The van der Waals surface area contributed by atoms with Crippen molar-refractivity contribution in [3.05, 3.63) is 24.3 Å². The van der Waals surface area contributed by atoms with Crippen LogP contribution in [0.4, 0.5) is 5.82 Å². The maximum atomic E-state index is 12.8. The second kappa shape index (κ2) is 7.57. The van der Waals surface area contributed by atoms with Gasteiger partial charge in [0.1, 0.15) is 12.1 Å². The van der Waals surface area contributed by atoms with Crippen molar-refractivity contribution in [3.63, 3.8) is 0 Å². The largest absolute Gasteiger partial charge is 0.354 e. The molecule has 0 bridgehead atoms. The summed E-state index contributed by atoms with van der Waals surface area (Å²) in [6, 6.07) is 1.88. The second-order valence-electron chi connectivity index (χ2n) is 9.04. The van der Waals surface area contributed by atoms with E-state index in [9.17, 15) is 9.59 Å². The molecule has 0 aromatic carbocycles. The van der Waals surface area contributed by atoms with E-state index in [4.69, 9.17) is 0 Å². The second-order valence-corrected chi connectivity index (χ2v) is 9.04. The fourth-order valence-electron chi connectivity index (χ4n) is 4.51. The lowest BCUT2D eigenvalue weighted by molar-refractivity contribution is -0.123. The van der Waals surface area contributed by atoms with Gasteiger partial charge in [-0.1, -0.05) is 20.3 Å². The number of hydrogen-bond donors (Lipinski definition) is 2. The van der Waals surface area contributed by atoms with Crippen LogP contribution in [0.1, 0.15) is 52.1 Å². The van der Waals surface area contributed by atoms with Gasteiger partial charge in [-0.15, -0.1) is 0 Å². The molecular formula is C21H28N6O2. The van der Waals surface area contributed by atoms with Gasteiger partial charge in [0.05, 0.1) is 11.9 Å². The van der Waals surface area contributed by atoms with Crippen molar-refractivity contribution in [2.45, 2.75) is 65.5 Å². The average molecular weight is 396 g/mol. The van der Waals surface area contributed by atoms with E-state index in [1.807, 2.05) is 16.9 Å². The van der Waals surface area contributed by atoms with E-state index in [1.165, 1.54) is 18.9 Å². The first-order valence-electron chi connectivity index (χ1n) is 10.3. The molecule has 8 heteroatoms. The van der Waals surface area contributed by atoms with Crippen LogP contribution in [0.5, 0.6) is 0 Å². The van der Waals surface area contributed by atoms with Crippen LogP contribution in [0.15, 0.2) is 18.6 Å². The van der Waals surface area contributed by atoms with Crippen LogP contribution in [0.2, 0.25) is 0 Å². The molecule has 8 nitrogen and oxygen atoms in total. The summed E-state index contributed by atoms with van der Waals surface area (Å²) in [5, 5.41) is 10.4. The van der Waals surface area contributed by atoms with E-state index in [1.54, 1.807) is 0 Å². The minimum absolute atomic E-state index is 0.0478. The lowest BCUT2D eigenvalue weighted by Crippen LogP contribution is -2.40. The van der Waals surface area contributed by atoms with Crippen molar-refractivity contribution in [1.82, 2.24) is 25.1 Å². The Kier molecular flexibility index (Phi) is 5.10. The van der Waals surface area contributed by atoms with Crippen LogP contribution in [0.25, 0.3) is 11.3 Å². The predicted molar refractivity (Wildman–Crippen MR) is 109 cm³/mol. The first-order chi connectivity index (χ1) is 13.8. The van der Waals surface area contributed by atoms with Gasteiger partial charge in [-0.2, -0.15) is 5.10 Å². The number of carbonyl (C=O) groups is 2. The molecule has 154 valence electrons. The zero-order chi connectivity index (χ0) is 20.6. The Bertz CT molecular complexity index is 935. The van der Waals surface area contributed by atoms with Crippen LogP contribution in [0.3, 0.4) is 0 Å². The molecule has 2 aliphatic rings. The molecule has 1 fully saturated rings. The fraction of sp³-hybridized carbons (Fsp3) is 0.571. The lowest BCUT2D eigenvalue weighted by atomic mass is 9.85. The van der Waals surface area contributed by atoms with E-state index in [2.05, 4.69) is 39.5 Å². The topological polar surface area (TPSA) is 102 Å². The Morgan fingerprint density at radius 1 is 1.24 bits per heavy atom. The molecule has 2 aromatic rings. The SMILES string of the molecule is CC(=O)N[C@H]1CCC[C@@H](C(=O)Nc2cc(-c3cnn4c3CC(C)(C)C4)ncn2)C1. The van der Waals surface area contributed by atoms with Gasteiger partial charge >= 0.3 is 0 Å². The first-order valence-corrected chi connectivity index (χ1v) is 10.3. The smallest absolute Gasteiger partial charge is 0.228 e. The highest BCUT2D eigenvalue weighted by atomic mass is 16.2. The molecule has 0 spiro atoms. The monoisotopic (exact) mass is 396 g/mol. The standard InChI is InChI=1S/C21H28N6O2/c1-13(28)25-15-6-4-5-14(7-15)20(29)26-19-8-17(22-12-23-19)16-10-24-27-11-21(2,3)9-18(16)27/h8,10,12,14-15H,4-7,9,11H2,1-3H3,(H,25,28)(H,22,23,26,29)/t14-,15+/m1/s1. The molecule has 0 saturated heterocycles. The number of anilines is 1. The van der Waals surface area contributed by atoms with Gasteiger partial charge < -0.3 is 10.6 Å². The number of amides is 2. The van der Waals surface area contributed by atoms with Crippen molar-refractivity contribution in [2.75, 3.05) is 5.32 Å². The average Bonchev–Trinajstić information content (AvgIpc) is 3.16. The molecule has 2 amide bonds. The summed E-state index contributed by atoms with van der Waals surface area (Å²) in [4.78, 5) is 32.7. The summed E-state index contributed by atoms with van der Waals surface area (Å²) in [6.07, 6.45) is 7.61.